The van der Waals surface area contributed by atoms with E-state index < -0.39 is 0 Å². The van der Waals surface area contributed by atoms with Crippen molar-refractivity contribution in [2.45, 2.75) is 38.1 Å². The molecule has 1 fully saturated rings. The number of pyridine rings is 1. The number of aromatic nitrogens is 1. The Morgan fingerprint density at radius 1 is 1.43 bits per heavy atom. The first-order valence-electron chi connectivity index (χ1n) is 6.98. The van der Waals surface area contributed by atoms with E-state index in [-0.39, 0.29) is 17.5 Å². The SMILES string of the molecule is N#C/C(=C/Nc1cc(Cl)ccn1)C(=O)NC1CCCCC1. The molecule has 0 radical (unpaired) electrons. The lowest BCUT2D eigenvalue weighted by Gasteiger charge is -2.22. The molecule has 1 heterocycles. The molecule has 1 aliphatic rings. The Hall–Kier alpha value is -2.06. The Morgan fingerprint density at radius 2 is 2.19 bits per heavy atom. The average molecular weight is 305 g/mol. The fraction of sp³-hybridized carbons (Fsp3) is 0.400. The maximum absolute atomic E-state index is 12.0. The highest BCUT2D eigenvalue weighted by atomic mass is 35.5. The van der Waals surface area contributed by atoms with E-state index in [0.717, 1.165) is 25.7 Å². The molecule has 6 heteroatoms. The molecule has 0 aromatic carbocycles. The van der Waals surface area contributed by atoms with E-state index in [1.165, 1.54) is 12.6 Å². The highest BCUT2D eigenvalue weighted by Crippen LogP contribution is 2.17. The van der Waals surface area contributed by atoms with Crippen molar-refractivity contribution in [3.63, 3.8) is 0 Å². The predicted molar refractivity (Wildman–Crippen MR) is 81.6 cm³/mol. The van der Waals surface area contributed by atoms with Gasteiger partial charge in [-0.1, -0.05) is 30.9 Å². The number of halogens is 1. The molecule has 0 saturated heterocycles. The van der Waals surface area contributed by atoms with Crippen LogP contribution in [0.15, 0.2) is 30.1 Å². The van der Waals surface area contributed by atoms with E-state index in [9.17, 15) is 4.79 Å². The summed E-state index contributed by atoms with van der Waals surface area (Å²) < 4.78 is 0. The van der Waals surface area contributed by atoms with Gasteiger partial charge in [0.15, 0.2) is 0 Å². The third-order valence-electron chi connectivity index (χ3n) is 3.39. The molecule has 2 rings (SSSR count). The van der Waals surface area contributed by atoms with Crippen LogP contribution in [0.2, 0.25) is 5.02 Å². The number of nitrogens with zero attached hydrogens (tertiary/aromatic N) is 2. The first-order valence-corrected chi connectivity index (χ1v) is 7.36. The van der Waals surface area contributed by atoms with Crippen molar-refractivity contribution in [1.82, 2.24) is 10.3 Å². The summed E-state index contributed by atoms with van der Waals surface area (Å²) >= 11 is 5.84. The molecule has 0 unspecified atom stereocenters. The van der Waals surface area contributed by atoms with Gasteiger partial charge in [0, 0.05) is 23.5 Å². The van der Waals surface area contributed by atoms with Crippen molar-refractivity contribution in [2.75, 3.05) is 5.32 Å². The van der Waals surface area contributed by atoms with E-state index in [2.05, 4.69) is 15.6 Å². The van der Waals surface area contributed by atoms with E-state index in [4.69, 9.17) is 16.9 Å². The van der Waals surface area contributed by atoms with Crippen molar-refractivity contribution < 1.29 is 4.79 Å². The summed E-state index contributed by atoms with van der Waals surface area (Å²) in [5.41, 5.74) is 0.0300. The molecule has 0 spiro atoms. The second-order valence-corrected chi connectivity index (χ2v) is 5.42. The summed E-state index contributed by atoms with van der Waals surface area (Å²) in [6, 6.07) is 5.34. The highest BCUT2D eigenvalue weighted by Gasteiger charge is 2.17. The van der Waals surface area contributed by atoms with Gasteiger partial charge in [-0.2, -0.15) is 5.26 Å². The number of nitriles is 1. The van der Waals surface area contributed by atoms with Gasteiger partial charge in [-0.3, -0.25) is 4.79 Å². The first kappa shape index (κ1) is 15.3. The van der Waals surface area contributed by atoms with E-state index in [1.54, 1.807) is 18.3 Å². The number of carbonyl (C=O) groups excluding carboxylic acids is 1. The normalized spacial score (nSPS) is 16.1. The topological polar surface area (TPSA) is 77.8 Å². The molecule has 1 aromatic rings. The fourth-order valence-electron chi connectivity index (χ4n) is 2.29. The summed E-state index contributed by atoms with van der Waals surface area (Å²) in [6.07, 6.45) is 8.34. The van der Waals surface area contributed by atoms with Crippen molar-refractivity contribution in [3.8, 4) is 6.07 Å². The molecule has 1 aromatic heterocycles. The second-order valence-electron chi connectivity index (χ2n) is 4.98. The summed E-state index contributed by atoms with van der Waals surface area (Å²) in [7, 11) is 0. The second kappa shape index (κ2) is 7.65. The molecular weight excluding hydrogens is 288 g/mol. The van der Waals surface area contributed by atoms with Crippen molar-refractivity contribution in [1.29, 1.82) is 5.26 Å². The molecule has 21 heavy (non-hydrogen) atoms. The van der Waals surface area contributed by atoms with Gasteiger partial charge in [0.1, 0.15) is 17.5 Å². The van der Waals surface area contributed by atoms with Crippen LogP contribution in [0.25, 0.3) is 0 Å². The van der Waals surface area contributed by atoms with Gasteiger partial charge >= 0.3 is 0 Å². The smallest absolute Gasteiger partial charge is 0.263 e. The molecule has 5 nitrogen and oxygen atoms in total. The van der Waals surface area contributed by atoms with Crippen LogP contribution in [0.1, 0.15) is 32.1 Å². The number of nitrogens with one attached hydrogen (secondary N) is 2. The quantitative estimate of drug-likeness (QED) is 0.662. The molecule has 1 amide bonds. The van der Waals surface area contributed by atoms with Crippen LogP contribution >= 0.6 is 11.6 Å². The zero-order valence-electron chi connectivity index (χ0n) is 11.6. The molecule has 0 aliphatic heterocycles. The van der Waals surface area contributed by atoms with Gasteiger partial charge in [-0.05, 0) is 25.0 Å². The first-order chi connectivity index (χ1) is 10.2. The third-order valence-corrected chi connectivity index (χ3v) is 3.63. The van der Waals surface area contributed by atoms with Gasteiger partial charge < -0.3 is 10.6 Å². The van der Waals surface area contributed by atoms with Gasteiger partial charge in [0.2, 0.25) is 0 Å². The van der Waals surface area contributed by atoms with E-state index >= 15 is 0 Å². The lowest BCUT2D eigenvalue weighted by atomic mass is 9.95. The van der Waals surface area contributed by atoms with Gasteiger partial charge in [-0.15, -0.1) is 0 Å². The lowest BCUT2D eigenvalue weighted by molar-refractivity contribution is -0.118. The molecule has 0 bridgehead atoms. The lowest BCUT2D eigenvalue weighted by Crippen LogP contribution is -2.37. The molecule has 110 valence electrons. The number of anilines is 1. The standard InChI is InChI=1S/C15H17ClN4O/c16-12-6-7-18-14(8-12)19-10-11(9-17)15(21)20-13-4-2-1-3-5-13/h6-8,10,13H,1-5H2,(H,18,19)(H,20,21)/b11-10-. The molecule has 1 saturated carbocycles. The summed E-state index contributed by atoms with van der Waals surface area (Å²) in [4.78, 5) is 16.1. The zero-order valence-corrected chi connectivity index (χ0v) is 12.4. The van der Waals surface area contributed by atoms with Crippen LogP contribution in [0.4, 0.5) is 5.82 Å². The number of hydrogen-bond donors (Lipinski definition) is 2. The minimum absolute atomic E-state index is 0.0300. The van der Waals surface area contributed by atoms with Crippen LogP contribution in [-0.4, -0.2) is 16.9 Å². The number of amides is 1. The largest absolute Gasteiger partial charge is 0.349 e. The van der Waals surface area contributed by atoms with Crippen molar-refractivity contribution in [2.24, 2.45) is 0 Å². The molecule has 1 aliphatic carbocycles. The Morgan fingerprint density at radius 3 is 2.86 bits per heavy atom. The van der Waals surface area contributed by atoms with Gasteiger partial charge in [0.05, 0.1) is 0 Å². The average Bonchev–Trinajstić information content (AvgIpc) is 2.49. The summed E-state index contributed by atoms with van der Waals surface area (Å²) in [5, 5.41) is 15.3. The monoisotopic (exact) mass is 304 g/mol. The van der Waals surface area contributed by atoms with Crippen LogP contribution in [0, 0.1) is 11.3 Å². The number of hydrogen-bond acceptors (Lipinski definition) is 4. The summed E-state index contributed by atoms with van der Waals surface area (Å²) in [6.45, 7) is 0. The van der Waals surface area contributed by atoms with Crippen LogP contribution in [0.3, 0.4) is 0 Å². The molecule has 0 atom stereocenters. The predicted octanol–water partition coefficient (Wildman–Crippen LogP) is 3.00. The number of rotatable bonds is 4. The van der Waals surface area contributed by atoms with E-state index in [1.807, 2.05) is 6.07 Å². The fourth-order valence-corrected chi connectivity index (χ4v) is 2.45. The van der Waals surface area contributed by atoms with Gasteiger partial charge in [0.25, 0.3) is 5.91 Å². The zero-order chi connectivity index (χ0) is 15.1. The van der Waals surface area contributed by atoms with Crippen LogP contribution < -0.4 is 10.6 Å². The van der Waals surface area contributed by atoms with Crippen LogP contribution in [0.5, 0.6) is 0 Å². The van der Waals surface area contributed by atoms with E-state index in [0.29, 0.717) is 10.8 Å². The maximum atomic E-state index is 12.0. The minimum Gasteiger partial charge on any atom is -0.349 e. The van der Waals surface area contributed by atoms with Gasteiger partial charge in [-0.25, -0.2) is 4.98 Å². The maximum Gasteiger partial charge on any atom is 0.263 e. The third kappa shape index (κ3) is 4.76. The van der Waals surface area contributed by atoms with Crippen molar-refractivity contribution >= 4 is 23.3 Å². The summed E-state index contributed by atoms with van der Waals surface area (Å²) in [5.74, 6) is 0.139. The minimum atomic E-state index is -0.348. The Balaban J connectivity index is 1.96. The Bertz CT molecular complexity index is 573. The Labute approximate surface area is 129 Å². The number of carbonyl (C=O) groups is 1. The molecular formula is C15H17ClN4O. The molecule has 2 N–H and O–H groups in total. The van der Waals surface area contributed by atoms with Crippen molar-refractivity contribution in [3.05, 3.63) is 35.1 Å². The highest BCUT2D eigenvalue weighted by molar-refractivity contribution is 6.30. The Kier molecular flexibility index (Phi) is 5.59. The van der Waals surface area contributed by atoms with Crippen LogP contribution in [-0.2, 0) is 4.79 Å².